The van der Waals surface area contributed by atoms with Crippen LogP contribution in [0.15, 0.2) is 42.5 Å². The Morgan fingerprint density at radius 2 is 1.76 bits per heavy atom. The maximum Gasteiger partial charge on any atom is 0.337 e. The van der Waals surface area contributed by atoms with Crippen LogP contribution < -0.4 is 5.32 Å². The highest BCUT2D eigenvalue weighted by molar-refractivity contribution is 5.90. The molecular formula is C18H21NO2. The highest BCUT2D eigenvalue weighted by Crippen LogP contribution is 2.18. The number of anilines is 1. The van der Waals surface area contributed by atoms with Crippen molar-refractivity contribution >= 4 is 11.7 Å². The lowest BCUT2D eigenvalue weighted by Gasteiger charge is -2.11. The summed E-state index contributed by atoms with van der Waals surface area (Å²) in [7, 11) is 1.39. The Hall–Kier alpha value is -2.29. The highest BCUT2D eigenvalue weighted by Gasteiger charge is 2.07. The SMILES string of the molecule is CCc1ccc(CNc2ccc(C(=O)OC)cc2C)cc1. The van der Waals surface area contributed by atoms with E-state index in [1.165, 1.54) is 18.2 Å². The van der Waals surface area contributed by atoms with Crippen LogP contribution in [0.5, 0.6) is 0 Å². The van der Waals surface area contributed by atoms with E-state index in [9.17, 15) is 4.79 Å². The normalized spacial score (nSPS) is 10.2. The van der Waals surface area contributed by atoms with Crippen molar-refractivity contribution in [1.82, 2.24) is 0 Å². The van der Waals surface area contributed by atoms with Crippen molar-refractivity contribution in [1.29, 1.82) is 0 Å². The molecule has 0 aromatic heterocycles. The van der Waals surface area contributed by atoms with Gasteiger partial charge in [-0.3, -0.25) is 0 Å². The molecule has 0 fully saturated rings. The van der Waals surface area contributed by atoms with Gasteiger partial charge in [-0.2, -0.15) is 0 Å². The molecule has 0 aliphatic carbocycles. The molecule has 0 radical (unpaired) electrons. The molecule has 0 saturated carbocycles. The largest absolute Gasteiger partial charge is 0.465 e. The molecule has 2 rings (SSSR count). The number of carbonyl (C=O) groups excluding carboxylic acids is 1. The van der Waals surface area contributed by atoms with Gasteiger partial charge in [0.25, 0.3) is 0 Å². The minimum Gasteiger partial charge on any atom is -0.465 e. The molecule has 1 N–H and O–H groups in total. The molecule has 0 amide bonds. The van der Waals surface area contributed by atoms with Gasteiger partial charge in [-0.05, 0) is 48.2 Å². The van der Waals surface area contributed by atoms with Gasteiger partial charge < -0.3 is 10.1 Å². The maximum absolute atomic E-state index is 11.5. The fourth-order valence-corrected chi connectivity index (χ4v) is 2.20. The average molecular weight is 283 g/mol. The molecule has 0 bridgehead atoms. The molecule has 21 heavy (non-hydrogen) atoms. The molecule has 3 nitrogen and oxygen atoms in total. The first-order valence-electron chi connectivity index (χ1n) is 7.14. The van der Waals surface area contributed by atoms with E-state index in [0.29, 0.717) is 5.56 Å². The number of esters is 1. The summed E-state index contributed by atoms with van der Waals surface area (Å²) >= 11 is 0. The molecule has 0 heterocycles. The zero-order valence-electron chi connectivity index (χ0n) is 12.8. The van der Waals surface area contributed by atoms with Crippen LogP contribution in [0.2, 0.25) is 0 Å². The standard InChI is InChI=1S/C18H21NO2/c1-4-14-5-7-15(8-6-14)12-19-17-10-9-16(11-13(17)2)18(20)21-3/h5-11,19H,4,12H2,1-3H3. The van der Waals surface area contributed by atoms with Gasteiger partial charge in [0.1, 0.15) is 0 Å². The van der Waals surface area contributed by atoms with E-state index in [0.717, 1.165) is 24.2 Å². The highest BCUT2D eigenvalue weighted by atomic mass is 16.5. The number of aryl methyl sites for hydroxylation is 2. The van der Waals surface area contributed by atoms with Crippen LogP contribution in [0.25, 0.3) is 0 Å². The molecule has 2 aromatic carbocycles. The van der Waals surface area contributed by atoms with Crippen molar-refractivity contribution < 1.29 is 9.53 Å². The first kappa shape index (κ1) is 15.1. The molecule has 0 spiro atoms. The topological polar surface area (TPSA) is 38.3 Å². The van der Waals surface area contributed by atoms with Crippen LogP contribution in [-0.4, -0.2) is 13.1 Å². The van der Waals surface area contributed by atoms with Crippen LogP contribution in [0.3, 0.4) is 0 Å². The van der Waals surface area contributed by atoms with Crippen molar-refractivity contribution in [2.75, 3.05) is 12.4 Å². The third kappa shape index (κ3) is 3.85. The summed E-state index contributed by atoms with van der Waals surface area (Å²) in [6, 6.07) is 14.1. The summed E-state index contributed by atoms with van der Waals surface area (Å²) < 4.78 is 4.72. The smallest absolute Gasteiger partial charge is 0.337 e. The molecule has 2 aromatic rings. The monoisotopic (exact) mass is 283 g/mol. The Balaban J connectivity index is 2.04. The van der Waals surface area contributed by atoms with Crippen molar-refractivity contribution in [3.05, 3.63) is 64.7 Å². The second-order valence-corrected chi connectivity index (χ2v) is 5.04. The molecule has 0 saturated heterocycles. The average Bonchev–Trinajstić information content (AvgIpc) is 2.53. The molecular weight excluding hydrogens is 262 g/mol. The van der Waals surface area contributed by atoms with Crippen LogP contribution >= 0.6 is 0 Å². The van der Waals surface area contributed by atoms with Crippen molar-refractivity contribution in [2.45, 2.75) is 26.8 Å². The van der Waals surface area contributed by atoms with Crippen LogP contribution in [-0.2, 0) is 17.7 Å². The van der Waals surface area contributed by atoms with Gasteiger partial charge >= 0.3 is 5.97 Å². The second-order valence-electron chi connectivity index (χ2n) is 5.04. The van der Waals surface area contributed by atoms with Crippen molar-refractivity contribution in [3.63, 3.8) is 0 Å². The first-order chi connectivity index (χ1) is 10.1. The third-order valence-electron chi connectivity index (χ3n) is 3.56. The minimum absolute atomic E-state index is 0.306. The lowest BCUT2D eigenvalue weighted by molar-refractivity contribution is 0.0600. The number of ether oxygens (including phenoxy) is 1. The predicted molar refractivity (Wildman–Crippen MR) is 85.7 cm³/mol. The summed E-state index contributed by atoms with van der Waals surface area (Å²) in [5.41, 5.74) is 5.22. The van der Waals surface area contributed by atoms with Gasteiger partial charge in [-0.15, -0.1) is 0 Å². The fourth-order valence-electron chi connectivity index (χ4n) is 2.20. The van der Waals surface area contributed by atoms with Crippen LogP contribution in [0.1, 0.15) is 34.0 Å². The summed E-state index contributed by atoms with van der Waals surface area (Å²) in [4.78, 5) is 11.5. The Morgan fingerprint density at radius 1 is 1.10 bits per heavy atom. The van der Waals surface area contributed by atoms with Gasteiger partial charge in [-0.25, -0.2) is 4.79 Å². The lowest BCUT2D eigenvalue weighted by Crippen LogP contribution is -2.04. The van der Waals surface area contributed by atoms with E-state index in [4.69, 9.17) is 4.74 Å². The number of carbonyl (C=O) groups is 1. The van der Waals surface area contributed by atoms with E-state index < -0.39 is 0 Å². The lowest BCUT2D eigenvalue weighted by atomic mass is 10.1. The number of methoxy groups -OCH3 is 1. The Labute approximate surface area is 126 Å². The Morgan fingerprint density at radius 3 is 2.33 bits per heavy atom. The Bertz CT molecular complexity index is 618. The van der Waals surface area contributed by atoms with E-state index >= 15 is 0 Å². The van der Waals surface area contributed by atoms with E-state index in [1.807, 2.05) is 19.1 Å². The molecule has 110 valence electrons. The summed E-state index contributed by atoms with van der Waals surface area (Å²) in [5.74, 6) is -0.306. The predicted octanol–water partition coefficient (Wildman–Crippen LogP) is 3.96. The number of hydrogen-bond acceptors (Lipinski definition) is 3. The third-order valence-corrected chi connectivity index (χ3v) is 3.56. The first-order valence-corrected chi connectivity index (χ1v) is 7.14. The summed E-state index contributed by atoms with van der Waals surface area (Å²) in [6.45, 7) is 4.90. The minimum atomic E-state index is -0.306. The quantitative estimate of drug-likeness (QED) is 0.844. The molecule has 0 aliphatic heterocycles. The zero-order chi connectivity index (χ0) is 15.2. The molecule has 0 unspecified atom stereocenters. The van der Waals surface area contributed by atoms with Gasteiger partial charge in [0.05, 0.1) is 12.7 Å². The van der Waals surface area contributed by atoms with E-state index in [1.54, 1.807) is 6.07 Å². The van der Waals surface area contributed by atoms with Crippen molar-refractivity contribution in [3.8, 4) is 0 Å². The number of benzene rings is 2. The van der Waals surface area contributed by atoms with Crippen LogP contribution in [0, 0.1) is 6.92 Å². The number of nitrogens with one attached hydrogen (secondary N) is 1. The van der Waals surface area contributed by atoms with E-state index in [2.05, 4.69) is 36.5 Å². The fraction of sp³-hybridized carbons (Fsp3) is 0.278. The zero-order valence-corrected chi connectivity index (χ0v) is 12.8. The van der Waals surface area contributed by atoms with E-state index in [-0.39, 0.29) is 5.97 Å². The summed E-state index contributed by atoms with van der Waals surface area (Å²) in [6.07, 6.45) is 1.06. The number of rotatable bonds is 5. The molecule has 0 aliphatic rings. The van der Waals surface area contributed by atoms with Gasteiger partial charge in [-0.1, -0.05) is 31.2 Å². The maximum atomic E-state index is 11.5. The second kappa shape index (κ2) is 6.93. The Kier molecular flexibility index (Phi) is 4.99. The van der Waals surface area contributed by atoms with Gasteiger partial charge in [0.15, 0.2) is 0 Å². The molecule has 3 heteroatoms. The van der Waals surface area contributed by atoms with Gasteiger partial charge in [0.2, 0.25) is 0 Å². The summed E-state index contributed by atoms with van der Waals surface area (Å²) in [5, 5.41) is 3.40. The molecule has 0 atom stereocenters. The van der Waals surface area contributed by atoms with Crippen LogP contribution in [0.4, 0.5) is 5.69 Å². The van der Waals surface area contributed by atoms with Gasteiger partial charge in [0, 0.05) is 12.2 Å². The number of hydrogen-bond donors (Lipinski definition) is 1. The van der Waals surface area contributed by atoms with Crippen molar-refractivity contribution in [2.24, 2.45) is 0 Å².